The highest BCUT2D eigenvalue weighted by Gasteiger charge is 2.16. The van der Waals surface area contributed by atoms with Crippen molar-refractivity contribution in [3.05, 3.63) is 42.0 Å². The molecule has 0 aliphatic heterocycles. The van der Waals surface area contributed by atoms with Crippen LogP contribution in [0.25, 0.3) is 10.4 Å². The predicted molar refractivity (Wildman–Crippen MR) is 70.6 cm³/mol. The summed E-state index contributed by atoms with van der Waals surface area (Å²) in [6, 6.07) is 11.8. The number of anilines is 1. The zero-order chi connectivity index (χ0) is 12.3. The van der Waals surface area contributed by atoms with E-state index in [0.29, 0.717) is 5.56 Å². The van der Waals surface area contributed by atoms with Gasteiger partial charge in [0.05, 0.1) is 12.7 Å². The van der Waals surface area contributed by atoms with E-state index in [0.717, 1.165) is 15.4 Å². The first-order valence-electron chi connectivity index (χ1n) is 5.21. The number of methoxy groups -OCH3 is 1. The number of hydrogen-bond acceptors (Lipinski definition) is 4. The molecular formula is C13H13NO2S. The molecular weight excluding hydrogens is 234 g/mol. The molecule has 2 aromatic rings. The number of benzene rings is 1. The quantitative estimate of drug-likeness (QED) is 0.846. The summed E-state index contributed by atoms with van der Waals surface area (Å²) in [6.07, 6.45) is 0. The van der Waals surface area contributed by atoms with Gasteiger partial charge in [-0.3, -0.25) is 0 Å². The minimum absolute atomic E-state index is 0.312. The van der Waals surface area contributed by atoms with Crippen molar-refractivity contribution in [2.24, 2.45) is 0 Å². The largest absolute Gasteiger partial charge is 0.465 e. The van der Waals surface area contributed by atoms with E-state index in [1.807, 2.05) is 36.4 Å². The molecule has 1 aromatic carbocycles. The summed E-state index contributed by atoms with van der Waals surface area (Å²) in [5.74, 6) is -0.312. The van der Waals surface area contributed by atoms with E-state index >= 15 is 0 Å². The maximum atomic E-state index is 11.6. The van der Waals surface area contributed by atoms with Gasteiger partial charge in [-0.25, -0.2) is 4.79 Å². The Balaban J connectivity index is 2.45. The highest BCUT2D eigenvalue weighted by Crippen LogP contribution is 2.35. The molecule has 1 heterocycles. The summed E-state index contributed by atoms with van der Waals surface area (Å²) in [5, 5.41) is 3.85. The Morgan fingerprint density at radius 1 is 1.29 bits per heavy atom. The van der Waals surface area contributed by atoms with E-state index in [9.17, 15) is 4.79 Å². The van der Waals surface area contributed by atoms with E-state index in [1.165, 1.54) is 7.11 Å². The predicted octanol–water partition coefficient (Wildman–Crippen LogP) is 3.24. The fraction of sp³-hybridized carbons (Fsp3) is 0.154. The Kier molecular flexibility index (Phi) is 3.44. The van der Waals surface area contributed by atoms with E-state index < -0.39 is 0 Å². The van der Waals surface area contributed by atoms with Crippen molar-refractivity contribution in [2.45, 2.75) is 0 Å². The fourth-order valence-corrected chi connectivity index (χ4v) is 2.59. The lowest BCUT2D eigenvalue weighted by molar-refractivity contribution is 0.0602. The molecule has 0 aliphatic rings. The second kappa shape index (κ2) is 5.01. The Morgan fingerprint density at radius 3 is 2.59 bits per heavy atom. The number of carbonyl (C=O) groups excluding carboxylic acids is 1. The number of rotatable bonds is 3. The molecule has 0 unspecified atom stereocenters. The number of nitrogens with one attached hydrogen (secondary N) is 1. The first kappa shape index (κ1) is 11.7. The lowest BCUT2D eigenvalue weighted by Crippen LogP contribution is -2.02. The zero-order valence-corrected chi connectivity index (χ0v) is 10.5. The van der Waals surface area contributed by atoms with Gasteiger partial charge in [-0.1, -0.05) is 30.3 Å². The molecule has 3 nitrogen and oxygen atoms in total. The molecule has 0 bridgehead atoms. The minimum Gasteiger partial charge on any atom is -0.465 e. The van der Waals surface area contributed by atoms with Crippen molar-refractivity contribution in [2.75, 3.05) is 19.5 Å². The van der Waals surface area contributed by atoms with Crippen LogP contribution in [0.4, 0.5) is 5.00 Å². The molecule has 0 saturated carbocycles. The molecule has 88 valence electrons. The molecule has 0 atom stereocenters. The van der Waals surface area contributed by atoms with Crippen LogP contribution in [0, 0.1) is 0 Å². The maximum absolute atomic E-state index is 11.6. The van der Waals surface area contributed by atoms with Crippen LogP contribution in [0.15, 0.2) is 36.4 Å². The van der Waals surface area contributed by atoms with Crippen molar-refractivity contribution in [3.8, 4) is 10.4 Å². The van der Waals surface area contributed by atoms with Gasteiger partial charge in [0, 0.05) is 11.9 Å². The second-order valence-electron chi connectivity index (χ2n) is 3.46. The Morgan fingerprint density at radius 2 is 2.00 bits per heavy atom. The van der Waals surface area contributed by atoms with Gasteiger partial charge >= 0.3 is 5.97 Å². The van der Waals surface area contributed by atoms with Crippen LogP contribution >= 0.6 is 11.3 Å². The molecule has 0 radical (unpaired) electrons. The van der Waals surface area contributed by atoms with Gasteiger partial charge in [-0.2, -0.15) is 0 Å². The first-order chi connectivity index (χ1) is 8.26. The molecule has 0 fully saturated rings. The molecule has 0 amide bonds. The molecule has 1 N–H and O–H groups in total. The van der Waals surface area contributed by atoms with Crippen LogP contribution in [0.5, 0.6) is 0 Å². The van der Waals surface area contributed by atoms with Crippen LogP contribution in [-0.2, 0) is 4.74 Å². The van der Waals surface area contributed by atoms with Crippen molar-refractivity contribution in [1.82, 2.24) is 0 Å². The summed E-state index contributed by atoms with van der Waals surface area (Å²) in [4.78, 5) is 12.6. The number of ether oxygens (including phenoxy) is 1. The summed E-state index contributed by atoms with van der Waals surface area (Å²) in [6.45, 7) is 0. The minimum atomic E-state index is -0.312. The smallest absolute Gasteiger partial charge is 0.340 e. The molecule has 0 saturated heterocycles. The molecule has 1 aromatic heterocycles. The molecule has 17 heavy (non-hydrogen) atoms. The van der Waals surface area contributed by atoms with Crippen LogP contribution in [0.2, 0.25) is 0 Å². The van der Waals surface area contributed by atoms with Crippen LogP contribution < -0.4 is 5.32 Å². The van der Waals surface area contributed by atoms with Crippen LogP contribution in [0.3, 0.4) is 0 Å². The fourth-order valence-electron chi connectivity index (χ4n) is 1.58. The topological polar surface area (TPSA) is 38.3 Å². The van der Waals surface area contributed by atoms with E-state index in [-0.39, 0.29) is 5.97 Å². The number of esters is 1. The third-order valence-corrected chi connectivity index (χ3v) is 3.62. The summed E-state index contributed by atoms with van der Waals surface area (Å²) < 4.78 is 4.76. The summed E-state index contributed by atoms with van der Waals surface area (Å²) in [7, 11) is 3.19. The van der Waals surface area contributed by atoms with Gasteiger partial charge in [0.25, 0.3) is 0 Å². The van der Waals surface area contributed by atoms with E-state index in [2.05, 4.69) is 5.32 Å². The van der Waals surface area contributed by atoms with Crippen LogP contribution in [0.1, 0.15) is 10.4 Å². The van der Waals surface area contributed by atoms with Crippen molar-refractivity contribution >= 4 is 22.3 Å². The third-order valence-electron chi connectivity index (χ3n) is 2.42. The second-order valence-corrected chi connectivity index (χ2v) is 4.51. The van der Waals surface area contributed by atoms with Gasteiger partial charge in [0.1, 0.15) is 5.00 Å². The molecule has 0 aliphatic carbocycles. The van der Waals surface area contributed by atoms with Gasteiger partial charge in [-0.15, -0.1) is 11.3 Å². The first-order valence-corrected chi connectivity index (χ1v) is 6.03. The monoisotopic (exact) mass is 247 g/mol. The molecule has 2 rings (SSSR count). The van der Waals surface area contributed by atoms with Gasteiger partial charge in [0.15, 0.2) is 0 Å². The number of hydrogen-bond donors (Lipinski definition) is 1. The van der Waals surface area contributed by atoms with Gasteiger partial charge in [-0.05, 0) is 11.6 Å². The SMILES string of the molecule is CNc1sc(-c2ccccc2)cc1C(=O)OC. The summed E-state index contributed by atoms with van der Waals surface area (Å²) >= 11 is 1.54. The highest BCUT2D eigenvalue weighted by molar-refractivity contribution is 7.19. The maximum Gasteiger partial charge on any atom is 0.340 e. The van der Waals surface area contributed by atoms with Gasteiger partial charge in [0.2, 0.25) is 0 Å². The Labute approximate surface area is 104 Å². The lowest BCUT2D eigenvalue weighted by atomic mass is 10.1. The van der Waals surface area contributed by atoms with Crippen LogP contribution in [-0.4, -0.2) is 20.1 Å². The lowest BCUT2D eigenvalue weighted by Gasteiger charge is -1.98. The average Bonchev–Trinajstić information content (AvgIpc) is 2.83. The number of thiophene rings is 1. The number of carbonyl (C=O) groups is 1. The third kappa shape index (κ3) is 2.31. The molecule has 0 spiro atoms. The average molecular weight is 247 g/mol. The summed E-state index contributed by atoms with van der Waals surface area (Å²) in [5.41, 5.74) is 1.68. The van der Waals surface area contributed by atoms with Crippen molar-refractivity contribution in [1.29, 1.82) is 0 Å². The van der Waals surface area contributed by atoms with E-state index in [1.54, 1.807) is 18.4 Å². The highest BCUT2D eigenvalue weighted by atomic mass is 32.1. The normalized spacial score (nSPS) is 10.0. The Hall–Kier alpha value is -1.81. The van der Waals surface area contributed by atoms with Gasteiger partial charge < -0.3 is 10.1 Å². The van der Waals surface area contributed by atoms with Crippen molar-refractivity contribution < 1.29 is 9.53 Å². The van der Waals surface area contributed by atoms with Crippen molar-refractivity contribution in [3.63, 3.8) is 0 Å². The Bertz CT molecular complexity index is 519. The zero-order valence-electron chi connectivity index (χ0n) is 9.69. The van der Waals surface area contributed by atoms with E-state index in [4.69, 9.17) is 4.74 Å². The molecule has 4 heteroatoms. The standard InChI is InChI=1S/C13H13NO2S/c1-14-12-10(13(15)16-2)8-11(17-12)9-6-4-3-5-7-9/h3-8,14H,1-2H3.